The molecule has 1 aliphatic heterocycles. The van der Waals surface area contributed by atoms with Crippen molar-refractivity contribution in [3.63, 3.8) is 0 Å². The highest BCUT2D eigenvalue weighted by Crippen LogP contribution is 2.45. The van der Waals surface area contributed by atoms with Gasteiger partial charge in [-0.05, 0) is 81.6 Å². The fraction of sp³-hybridized carbons (Fsp3) is 0.432. The minimum absolute atomic E-state index is 0.0859. The van der Waals surface area contributed by atoms with Crippen molar-refractivity contribution in [1.29, 1.82) is 0 Å². The first-order chi connectivity index (χ1) is 25.1. The Balaban J connectivity index is 1.40. The summed E-state index contributed by atoms with van der Waals surface area (Å²) >= 11 is 0. The third-order valence-electron chi connectivity index (χ3n) is 10.3. The predicted octanol–water partition coefficient (Wildman–Crippen LogP) is 6.50. The van der Waals surface area contributed by atoms with E-state index in [2.05, 4.69) is 5.32 Å². The Labute approximate surface area is 298 Å². The number of carboxylic acid groups (broad SMARTS) is 1. The van der Waals surface area contributed by atoms with E-state index in [-0.39, 0.29) is 55.9 Å². The summed E-state index contributed by atoms with van der Waals surface area (Å²) in [5, 5.41) is 12.3. The fourth-order valence-corrected chi connectivity index (χ4v) is 7.63. The number of furan rings is 1. The standard InChI is InChI=1S/C37H37F7N4O5/c38-27-9-4-8-26(36(39,40)41)25(27)21-47-29-13-14-35(15-18-46(19-16-35)20-24-11-12-30(53-24)37(42,43)44)32(29)33(51)48(34(47)52)22-28(23-6-2-1-3-7-23)45-17-5-10-31(49)50/h1-4,6-9,11-12,28,45H,5,10,13-22H2,(H,49,50). The van der Waals surface area contributed by atoms with Crippen LogP contribution in [0.2, 0.25) is 0 Å². The van der Waals surface area contributed by atoms with E-state index in [1.165, 1.54) is 6.07 Å². The number of benzene rings is 2. The van der Waals surface area contributed by atoms with Crippen LogP contribution in [-0.2, 0) is 48.6 Å². The first kappa shape index (κ1) is 38.0. The summed E-state index contributed by atoms with van der Waals surface area (Å²) in [5.41, 5.74) is -3.16. The molecule has 9 nitrogen and oxygen atoms in total. The van der Waals surface area contributed by atoms with E-state index in [1.807, 2.05) is 4.90 Å². The quantitative estimate of drug-likeness (QED) is 0.126. The van der Waals surface area contributed by atoms with Crippen LogP contribution in [0.5, 0.6) is 0 Å². The molecule has 0 saturated carbocycles. The number of likely N-dealkylation sites (tertiary alicyclic amines) is 1. The molecule has 1 aliphatic carbocycles. The average Bonchev–Trinajstić information content (AvgIpc) is 3.73. The molecule has 1 atom stereocenters. The minimum Gasteiger partial charge on any atom is -0.481 e. The first-order valence-corrected chi connectivity index (χ1v) is 17.2. The van der Waals surface area contributed by atoms with Crippen LogP contribution >= 0.6 is 0 Å². The molecule has 0 bridgehead atoms. The molecule has 3 heterocycles. The van der Waals surface area contributed by atoms with Crippen molar-refractivity contribution in [3.8, 4) is 0 Å². The Hall–Kier alpha value is -4.70. The number of carboxylic acids is 1. The monoisotopic (exact) mass is 750 g/mol. The summed E-state index contributed by atoms with van der Waals surface area (Å²) < 4.78 is 104. The molecule has 1 unspecified atom stereocenters. The van der Waals surface area contributed by atoms with Crippen molar-refractivity contribution in [2.45, 2.75) is 82.0 Å². The Kier molecular flexibility index (Phi) is 10.7. The molecule has 6 rings (SSSR count). The Bertz CT molecular complexity index is 2060. The molecule has 284 valence electrons. The third kappa shape index (κ3) is 8.12. The number of aromatic nitrogens is 2. The van der Waals surface area contributed by atoms with E-state index >= 15 is 4.39 Å². The number of nitrogens with zero attached hydrogens (tertiary/aromatic N) is 3. The molecule has 2 aliphatic rings. The van der Waals surface area contributed by atoms with Gasteiger partial charge < -0.3 is 14.8 Å². The van der Waals surface area contributed by atoms with Crippen LogP contribution < -0.4 is 16.6 Å². The van der Waals surface area contributed by atoms with Gasteiger partial charge in [0.1, 0.15) is 11.6 Å². The molecule has 2 aromatic carbocycles. The van der Waals surface area contributed by atoms with Gasteiger partial charge in [0.2, 0.25) is 5.76 Å². The summed E-state index contributed by atoms with van der Waals surface area (Å²) in [6, 6.07) is 12.8. The second kappa shape index (κ2) is 15.0. The van der Waals surface area contributed by atoms with Crippen molar-refractivity contribution in [2.75, 3.05) is 19.6 Å². The van der Waals surface area contributed by atoms with E-state index in [1.54, 1.807) is 30.3 Å². The number of aliphatic carboxylic acids is 1. The van der Waals surface area contributed by atoms with Gasteiger partial charge in [-0.25, -0.2) is 9.18 Å². The van der Waals surface area contributed by atoms with Gasteiger partial charge in [-0.2, -0.15) is 26.3 Å². The average molecular weight is 751 g/mol. The first-order valence-electron chi connectivity index (χ1n) is 17.2. The molecule has 1 saturated heterocycles. The van der Waals surface area contributed by atoms with E-state index in [0.717, 1.165) is 33.4 Å². The second-order valence-corrected chi connectivity index (χ2v) is 13.6. The molecule has 53 heavy (non-hydrogen) atoms. The Morgan fingerprint density at radius 2 is 1.60 bits per heavy atom. The summed E-state index contributed by atoms with van der Waals surface area (Å²) in [4.78, 5) is 41.9. The fourth-order valence-electron chi connectivity index (χ4n) is 7.63. The largest absolute Gasteiger partial charge is 0.481 e. The SMILES string of the molecule is O=C(O)CCCNC(Cn1c(=O)c2c(n(Cc3c(F)cccc3C(F)(F)F)c1=O)CCC21CCN(Cc2ccc(C(F)(F)F)o2)CC1)c1ccccc1. The van der Waals surface area contributed by atoms with Gasteiger partial charge in [-0.1, -0.05) is 36.4 Å². The van der Waals surface area contributed by atoms with Crippen molar-refractivity contribution >= 4 is 5.97 Å². The van der Waals surface area contributed by atoms with E-state index in [9.17, 15) is 40.7 Å². The Morgan fingerprint density at radius 1 is 0.887 bits per heavy atom. The predicted molar refractivity (Wildman–Crippen MR) is 178 cm³/mol. The summed E-state index contributed by atoms with van der Waals surface area (Å²) in [6.45, 7) is -0.0417. The molecule has 0 amide bonds. The highest BCUT2D eigenvalue weighted by atomic mass is 19.4. The van der Waals surface area contributed by atoms with Crippen molar-refractivity contribution < 1.29 is 45.1 Å². The number of alkyl halides is 6. The van der Waals surface area contributed by atoms with Crippen molar-refractivity contribution in [1.82, 2.24) is 19.4 Å². The van der Waals surface area contributed by atoms with E-state index in [0.29, 0.717) is 37.9 Å². The van der Waals surface area contributed by atoms with E-state index in [4.69, 9.17) is 9.52 Å². The number of halogens is 7. The number of hydrogen-bond donors (Lipinski definition) is 2. The maximum Gasteiger partial charge on any atom is 0.449 e. The van der Waals surface area contributed by atoms with Gasteiger partial charge in [-0.3, -0.25) is 23.6 Å². The normalized spacial score (nSPS) is 16.6. The number of rotatable bonds is 12. The molecular formula is C37H37F7N4O5. The van der Waals surface area contributed by atoms with Crippen LogP contribution in [0.3, 0.4) is 0 Å². The highest BCUT2D eigenvalue weighted by molar-refractivity contribution is 5.66. The molecule has 0 radical (unpaired) electrons. The summed E-state index contributed by atoms with van der Waals surface area (Å²) in [5.74, 6) is -3.16. The zero-order valence-electron chi connectivity index (χ0n) is 28.4. The maximum absolute atomic E-state index is 15.2. The summed E-state index contributed by atoms with van der Waals surface area (Å²) in [7, 11) is 0. The lowest BCUT2D eigenvalue weighted by Gasteiger charge is -2.39. The van der Waals surface area contributed by atoms with Gasteiger partial charge in [0.15, 0.2) is 0 Å². The van der Waals surface area contributed by atoms with Crippen molar-refractivity contribution in [2.24, 2.45) is 0 Å². The number of carbonyl (C=O) groups is 1. The Morgan fingerprint density at radius 3 is 2.25 bits per heavy atom. The molecule has 16 heteroatoms. The zero-order chi connectivity index (χ0) is 38.1. The number of hydrogen-bond acceptors (Lipinski definition) is 6. The van der Waals surface area contributed by atoms with Crippen LogP contribution in [0.4, 0.5) is 30.7 Å². The number of nitrogens with one attached hydrogen (secondary N) is 1. The topological polar surface area (TPSA) is 110 Å². The lowest BCUT2D eigenvalue weighted by atomic mass is 9.74. The smallest absolute Gasteiger partial charge is 0.449 e. The molecule has 4 aromatic rings. The lowest BCUT2D eigenvalue weighted by molar-refractivity contribution is -0.153. The summed E-state index contributed by atoms with van der Waals surface area (Å²) in [6.07, 6.45) is -8.18. The van der Waals surface area contributed by atoms with Crippen LogP contribution in [0.1, 0.15) is 77.6 Å². The highest BCUT2D eigenvalue weighted by Gasteiger charge is 2.46. The van der Waals surface area contributed by atoms with Gasteiger partial charge in [0, 0.05) is 28.7 Å². The van der Waals surface area contributed by atoms with Crippen LogP contribution in [0.25, 0.3) is 0 Å². The lowest BCUT2D eigenvalue weighted by Crippen LogP contribution is -2.49. The second-order valence-electron chi connectivity index (χ2n) is 13.6. The van der Waals surface area contributed by atoms with E-state index < -0.39 is 70.3 Å². The van der Waals surface area contributed by atoms with Crippen molar-refractivity contribution in [3.05, 3.63) is 127 Å². The molecule has 2 N–H and O–H groups in total. The molecule has 1 spiro atoms. The number of piperidine rings is 1. The van der Waals surface area contributed by atoms with Gasteiger partial charge in [0.25, 0.3) is 5.56 Å². The number of fused-ring (bicyclic) bond motifs is 2. The minimum atomic E-state index is -4.93. The van der Waals surface area contributed by atoms with Crippen LogP contribution in [0, 0.1) is 5.82 Å². The third-order valence-corrected chi connectivity index (χ3v) is 10.3. The molecule has 2 aromatic heterocycles. The van der Waals surface area contributed by atoms with Crippen LogP contribution in [-0.4, -0.2) is 44.7 Å². The molecular weight excluding hydrogens is 713 g/mol. The van der Waals surface area contributed by atoms with Crippen LogP contribution in [0.15, 0.2) is 74.7 Å². The zero-order valence-corrected chi connectivity index (χ0v) is 28.4. The van der Waals surface area contributed by atoms with Gasteiger partial charge in [0.05, 0.1) is 31.2 Å². The molecule has 1 fully saturated rings. The van der Waals surface area contributed by atoms with Gasteiger partial charge in [-0.15, -0.1) is 0 Å². The maximum atomic E-state index is 15.2. The van der Waals surface area contributed by atoms with Gasteiger partial charge >= 0.3 is 24.0 Å².